The molecule has 0 bridgehead atoms. The maximum atomic E-state index is 12.5. The predicted molar refractivity (Wildman–Crippen MR) is 171 cm³/mol. The smallest absolute Gasteiger partial charge is 0.306 e. The SMILES string of the molecule is CC/C=C/C/C=C/CCCCCCCC(=O)OC(COCCC(C(=O)[O-])[N+](C)(C)C)COC(=O)CC/C=C/CCCCC. The molecule has 8 nitrogen and oxygen atoms in total. The third-order valence-electron chi connectivity index (χ3n) is 7.02. The van der Waals surface area contributed by atoms with E-state index in [1.54, 1.807) is 21.1 Å². The van der Waals surface area contributed by atoms with Crippen molar-refractivity contribution in [1.29, 1.82) is 0 Å². The van der Waals surface area contributed by atoms with Crippen molar-refractivity contribution < 1.29 is 38.2 Å². The average molecular weight is 608 g/mol. The first-order valence-corrected chi connectivity index (χ1v) is 16.5. The Morgan fingerprint density at radius 3 is 2.02 bits per heavy atom. The van der Waals surface area contributed by atoms with Gasteiger partial charge in [0.15, 0.2) is 6.10 Å². The van der Waals surface area contributed by atoms with Crippen LogP contribution in [0.4, 0.5) is 0 Å². The van der Waals surface area contributed by atoms with Crippen molar-refractivity contribution in [2.24, 2.45) is 0 Å². The lowest BCUT2D eigenvalue weighted by Gasteiger charge is -2.34. The van der Waals surface area contributed by atoms with Crippen LogP contribution in [0.2, 0.25) is 0 Å². The van der Waals surface area contributed by atoms with Gasteiger partial charge in [0.25, 0.3) is 0 Å². The number of allylic oxidation sites excluding steroid dienone is 6. The van der Waals surface area contributed by atoms with E-state index in [9.17, 15) is 19.5 Å². The molecule has 248 valence electrons. The average Bonchev–Trinajstić information content (AvgIpc) is 2.94. The lowest BCUT2D eigenvalue weighted by Crippen LogP contribution is -2.55. The van der Waals surface area contributed by atoms with Gasteiger partial charge in [-0.3, -0.25) is 9.59 Å². The van der Waals surface area contributed by atoms with Gasteiger partial charge in [-0.25, -0.2) is 0 Å². The predicted octanol–water partition coefficient (Wildman–Crippen LogP) is 6.23. The summed E-state index contributed by atoms with van der Waals surface area (Å²) in [5, 5.41) is 11.5. The van der Waals surface area contributed by atoms with Gasteiger partial charge in [-0.05, 0) is 51.4 Å². The van der Waals surface area contributed by atoms with Crippen molar-refractivity contribution in [3.8, 4) is 0 Å². The molecule has 0 radical (unpaired) electrons. The van der Waals surface area contributed by atoms with E-state index in [2.05, 4.69) is 44.2 Å². The van der Waals surface area contributed by atoms with Crippen LogP contribution in [0.5, 0.6) is 0 Å². The van der Waals surface area contributed by atoms with Gasteiger partial charge in [-0.2, -0.15) is 0 Å². The zero-order valence-corrected chi connectivity index (χ0v) is 27.9. The largest absolute Gasteiger partial charge is 0.544 e. The fourth-order valence-electron chi connectivity index (χ4n) is 4.42. The van der Waals surface area contributed by atoms with E-state index in [1.165, 1.54) is 12.8 Å². The number of carbonyl (C=O) groups is 3. The Morgan fingerprint density at radius 1 is 0.721 bits per heavy atom. The van der Waals surface area contributed by atoms with Gasteiger partial charge in [-0.1, -0.05) is 82.4 Å². The van der Waals surface area contributed by atoms with Crippen LogP contribution in [0.25, 0.3) is 0 Å². The quantitative estimate of drug-likeness (QED) is 0.0450. The summed E-state index contributed by atoms with van der Waals surface area (Å²) in [6, 6.07) is -0.729. The first kappa shape index (κ1) is 40.5. The van der Waals surface area contributed by atoms with Crippen molar-refractivity contribution in [2.45, 2.75) is 129 Å². The lowest BCUT2D eigenvalue weighted by atomic mass is 10.1. The fraction of sp³-hybridized carbons (Fsp3) is 0.743. The van der Waals surface area contributed by atoms with E-state index in [-0.39, 0.29) is 49.1 Å². The number of likely N-dealkylation sites (N-methyl/N-ethyl adjacent to an activating group) is 1. The number of ether oxygens (including phenoxy) is 3. The molecule has 0 aromatic heterocycles. The van der Waals surface area contributed by atoms with E-state index in [0.717, 1.165) is 64.2 Å². The molecule has 0 aliphatic rings. The lowest BCUT2D eigenvalue weighted by molar-refractivity contribution is -0.889. The molecule has 43 heavy (non-hydrogen) atoms. The third kappa shape index (κ3) is 25.7. The van der Waals surface area contributed by atoms with Crippen LogP contribution < -0.4 is 5.11 Å². The monoisotopic (exact) mass is 607 g/mol. The minimum Gasteiger partial charge on any atom is -0.544 e. The van der Waals surface area contributed by atoms with E-state index in [0.29, 0.717) is 12.8 Å². The molecule has 8 heteroatoms. The number of carboxylic acid groups (broad SMARTS) is 1. The van der Waals surface area contributed by atoms with E-state index < -0.39 is 18.1 Å². The minimum atomic E-state index is -1.14. The summed E-state index contributed by atoms with van der Waals surface area (Å²) in [4.78, 5) is 36.3. The van der Waals surface area contributed by atoms with Gasteiger partial charge in [0.2, 0.25) is 0 Å². The third-order valence-corrected chi connectivity index (χ3v) is 7.02. The Bertz CT molecular complexity index is 813. The fourth-order valence-corrected chi connectivity index (χ4v) is 4.42. The molecular formula is C35H61NO7. The molecule has 0 saturated carbocycles. The molecule has 0 N–H and O–H groups in total. The topological polar surface area (TPSA) is 102 Å². The summed E-state index contributed by atoms with van der Waals surface area (Å²) < 4.78 is 16.9. The summed E-state index contributed by atoms with van der Waals surface area (Å²) in [6.07, 6.45) is 26.3. The molecule has 0 spiro atoms. The van der Waals surface area contributed by atoms with E-state index in [1.807, 2.05) is 6.08 Å². The highest BCUT2D eigenvalue weighted by Crippen LogP contribution is 2.11. The normalized spacial score (nSPS) is 13.6. The van der Waals surface area contributed by atoms with Gasteiger partial charge in [0, 0.05) is 19.3 Å². The molecule has 0 heterocycles. The van der Waals surface area contributed by atoms with Crippen LogP contribution in [0, 0.1) is 0 Å². The van der Waals surface area contributed by atoms with Crippen LogP contribution in [0.3, 0.4) is 0 Å². The number of quaternary nitrogens is 1. The molecule has 0 aromatic rings. The number of unbranched alkanes of at least 4 members (excludes halogenated alkanes) is 8. The van der Waals surface area contributed by atoms with Crippen LogP contribution in [-0.4, -0.2) is 75.5 Å². The number of hydrogen-bond donors (Lipinski definition) is 0. The van der Waals surface area contributed by atoms with Crippen molar-refractivity contribution in [1.82, 2.24) is 0 Å². The van der Waals surface area contributed by atoms with Crippen LogP contribution in [0.15, 0.2) is 36.5 Å². The second-order valence-electron chi connectivity index (χ2n) is 12.0. The Kier molecular flexibility index (Phi) is 25.6. The van der Waals surface area contributed by atoms with Gasteiger partial charge in [0.05, 0.1) is 40.3 Å². The number of nitrogens with zero attached hydrogens (tertiary/aromatic N) is 1. The van der Waals surface area contributed by atoms with Crippen molar-refractivity contribution in [2.75, 3.05) is 41.0 Å². The molecule has 0 aliphatic heterocycles. The highest BCUT2D eigenvalue weighted by Gasteiger charge is 2.25. The molecule has 0 saturated heterocycles. The molecular weight excluding hydrogens is 546 g/mol. The molecule has 2 atom stereocenters. The molecule has 2 unspecified atom stereocenters. The second kappa shape index (κ2) is 27.1. The van der Waals surface area contributed by atoms with Crippen LogP contribution >= 0.6 is 0 Å². The van der Waals surface area contributed by atoms with Gasteiger partial charge < -0.3 is 28.6 Å². The molecule has 0 aliphatic carbocycles. The van der Waals surface area contributed by atoms with Crippen LogP contribution in [0.1, 0.15) is 117 Å². The highest BCUT2D eigenvalue weighted by molar-refractivity contribution is 5.70. The number of carbonyl (C=O) groups excluding carboxylic acids is 3. The maximum Gasteiger partial charge on any atom is 0.306 e. The summed E-state index contributed by atoms with van der Waals surface area (Å²) in [5.41, 5.74) is 0. The molecule has 0 amide bonds. The number of carboxylic acids is 1. The Balaban J connectivity index is 4.54. The summed E-state index contributed by atoms with van der Waals surface area (Å²) in [6.45, 7) is 4.39. The van der Waals surface area contributed by atoms with E-state index >= 15 is 0 Å². The highest BCUT2D eigenvalue weighted by atomic mass is 16.6. The summed E-state index contributed by atoms with van der Waals surface area (Å²) in [5.74, 6) is -1.83. The zero-order valence-electron chi connectivity index (χ0n) is 27.9. The Morgan fingerprint density at radius 2 is 1.35 bits per heavy atom. The molecule has 0 rings (SSSR count). The summed E-state index contributed by atoms with van der Waals surface area (Å²) in [7, 11) is 5.36. The van der Waals surface area contributed by atoms with Gasteiger partial charge >= 0.3 is 11.9 Å². The first-order valence-electron chi connectivity index (χ1n) is 16.5. The van der Waals surface area contributed by atoms with Crippen molar-refractivity contribution in [3.05, 3.63) is 36.5 Å². The van der Waals surface area contributed by atoms with Crippen LogP contribution in [-0.2, 0) is 28.6 Å². The second-order valence-corrected chi connectivity index (χ2v) is 12.0. The van der Waals surface area contributed by atoms with Crippen molar-refractivity contribution >= 4 is 17.9 Å². The number of esters is 2. The van der Waals surface area contributed by atoms with Gasteiger partial charge in [0.1, 0.15) is 12.6 Å². The number of rotatable bonds is 28. The first-order chi connectivity index (χ1) is 20.6. The van der Waals surface area contributed by atoms with E-state index in [4.69, 9.17) is 14.2 Å². The number of hydrogen-bond acceptors (Lipinski definition) is 7. The zero-order chi connectivity index (χ0) is 32.2. The maximum absolute atomic E-state index is 12.5. The van der Waals surface area contributed by atoms with Crippen molar-refractivity contribution in [3.63, 3.8) is 0 Å². The van der Waals surface area contributed by atoms with Gasteiger partial charge in [-0.15, -0.1) is 0 Å². The molecule has 0 fully saturated rings. The summed E-state index contributed by atoms with van der Waals surface area (Å²) >= 11 is 0. The number of aliphatic carboxylic acids is 1. The standard InChI is InChI=1S/C35H61NO7/c1-6-8-10-12-14-15-16-17-18-20-22-24-26-34(38)43-31(29-41-28-27-32(35(39)40)36(3,4)5)30-42-33(37)25-23-21-19-13-11-9-7-2/h8,10,14-15,19,21,31-32H,6-7,9,11-13,16-18,20,22-30H2,1-5H3/b10-8+,15-14+,21-19+. The molecule has 0 aromatic carbocycles. The Hall–Kier alpha value is -2.45. The minimum absolute atomic E-state index is 0.0228. The Labute approximate surface area is 262 Å².